The Labute approximate surface area is 178 Å². The second kappa shape index (κ2) is 8.78. The number of nitrogens with zero attached hydrogens (tertiary/aromatic N) is 2. The molecule has 0 spiro atoms. The summed E-state index contributed by atoms with van der Waals surface area (Å²) in [5.74, 6) is -2.08. The second-order valence-electron chi connectivity index (χ2n) is 7.15. The molecule has 0 saturated heterocycles. The first-order chi connectivity index (χ1) is 14.7. The van der Waals surface area contributed by atoms with Crippen molar-refractivity contribution >= 4 is 23.9 Å². The topological polar surface area (TPSA) is 116 Å². The summed E-state index contributed by atoms with van der Waals surface area (Å²) in [6, 6.07) is 9.64. The van der Waals surface area contributed by atoms with Crippen LogP contribution in [0.25, 0.3) is 6.08 Å². The van der Waals surface area contributed by atoms with Gasteiger partial charge in [0.1, 0.15) is 6.04 Å². The van der Waals surface area contributed by atoms with E-state index in [2.05, 4.69) is 0 Å². The van der Waals surface area contributed by atoms with Crippen molar-refractivity contribution in [3.05, 3.63) is 75.5 Å². The number of methoxy groups -OCH3 is 1. The van der Waals surface area contributed by atoms with Crippen LogP contribution in [0.2, 0.25) is 0 Å². The molecule has 9 heteroatoms. The van der Waals surface area contributed by atoms with Crippen LogP contribution in [0.15, 0.2) is 48.7 Å². The molecule has 0 bridgehead atoms. The maximum Gasteiger partial charge on any atom is 0.335 e. The molecule has 0 radical (unpaired) electrons. The van der Waals surface area contributed by atoms with Gasteiger partial charge in [0.2, 0.25) is 6.20 Å². The fourth-order valence-electron chi connectivity index (χ4n) is 3.32. The molecular weight excluding hydrogens is 404 g/mol. The van der Waals surface area contributed by atoms with E-state index in [9.17, 15) is 24.5 Å². The molecule has 0 aliphatic carbocycles. The van der Waals surface area contributed by atoms with Gasteiger partial charge in [-0.25, -0.2) is 4.79 Å². The molecule has 2 aromatic carbocycles. The predicted molar refractivity (Wildman–Crippen MR) is 110 cm³/mol. The number of rotatable bonds is 7. The van der Waals surface area contributed by atoms with Crippen molar-refractivity contribution in [1.82, 2.24) is 4.90 Å². The Morgan fingerprint density at radius 3 is 2.19 bits per heavy atom. The van der Waals surface area contributed by atoms with Gasteiger partial charge in [-0.15, -0.1) is 0 Å². The van der Waals surface area contributed by atoms with E-state index < -0.39 is 34.7 Å². The number of nitro groups is 1. The Bertz CT molecular complexity index is 1060. The minimum Gasteiger partial charge on any atom is -0.493 e. The molecule has 2 aromatic rings. The lowest BCUT2D eigenvalue weighted by Crippen LogP contribution is -2.49. The van der Waals surface area contributed by atoms with Crippen molar-refractivity contribution in [2.75, 3.05) is 7.11 Å². The molecule has 160 valence electrons. The quantitative estimate of drug-likeness (QED) is 0.220. The van der Waals surface area contributed by atoms with E-state index in [1.54, 1.807) is 38.1 Å². The van der Waals surface area contributed by atoms with Gasteiger partial charge in [0.15, 0.2) is 11.5 Å². The van der Waals surface area contributed by atoms with E-state index in [4.69, 9.17) is 9.47 Å². The summed E-state index contributed by atoms with van der Waals surface area (Å²) >= 11 is 0. The molecule has 31 heavy (non-hydrogen) atoms. The van der Waals surface area contributed by atoms with Crippen LogP contribution in [-0.2, 0) is 4.79 Å². The van der Waals surface area contributed by atoms with Crippen LogP contribution in [0, 0.1) is 16.0 Å². The standard InChI is InChI=1S/C22H20N2O7/c1-13(2)19(24-20(25)15-6-4-5-7-16(15)21(24)26)22(27)31-17-9-8-14(10-11-23(28)29)12-18(17)30-3/h4-13,19H,1-3H3. The highest BCUT2D eigenvalue weighted by molar-refractivity contribution is 6.22. The number of benzene rings is 2. The minimum atomic E-state index is -1.15. The zero-order valence-corrected chi connectivity index (χ0v) is 17.1. The SMILES string of the molecule is COc1cc(C=C[N+](=O)[O-])ccc1OC(=O)C(C(C)C)N1C(=O)c2ccccc2C1=O. The highest BCUT2D eigenvalue weighted by Crippen LogP contribution is 2.32. The number of carbonyl (C=O) groups is 3. The molecule has 1 unspecified atom stereocenters. The Hall–Kier alpha value is -4.01. The third kappa shape index (κ3) is 4.30. The first-order valence-corrected chi connectivity index (χ1v) is 9.43. The number of imide groups is 1. The molecule has 1 aliphatic heterocycles. The number of hydrogen-bond acceptors (Lipinski definition) is 7. The molecule has 0 saturated carbocycles. The lowest BCUT2D eigenvalue weighted by molar-refractivity contribution is -0.400. The number of carbonyl (C=O) groups excluding carboxylic acids is 3. The van der Waals surface area contributed by atoms with E-state index >= 15 is 0 Å². The molecule has 0 fully saturated rings. The maximum atomic E-state index is 13.0. The largest absolute Gasteiger partial charge is 0.493 e. The summed E-state index contributed by atoms with van der Waals surface area (Å²) in [5.41, 5.74) is 0.949. The summed E-state index contributed by atoms with van der Waals surface area (Å²) in [6.45, 7) is 3.41. The van der Waals surface area contributed by atoms with Gasteiger partial charge >= 0.3 is 5.97 Å². The predicted octanol–water partition coefficient (Wildman–Crippen LogP) is 3.17. The summed E-state index contributed by atoms with van der Waals surface area (Å²) < 4.78 is 10.7. The van der Waals surface area contributed by atoms with Crippen LogP contribution in [0.1, 0.15) is 40.1 Å². The monoisotopic (exact) mass is 424 g/mol. The van der Waals surface area contributed by atoms with E-state index in [1.807, 2.05) is 0 Å². The molecule has 0 N–H and O–H groups in total. The van der Waals surface area contributed by atoms with E-state index in [1.165, 1.54) is 31.4 Å². The Kier molecular flexibility index (Phi) is 6.15. The summed E-state index contributed by atoms with van der Waals surface area (Å²) in [4.78, 5) is 49.5. The summed E-state index contributed by atoms with van der Waals surface area (Å²) in [5, 5.41) is 10.5. The highest BCUT2D eigenvalue weighted by atomic mass is 16.6. The van der Waals surface area contributed by atoms with Crippen molar-refractivity contribution in [3.63, 3.8) is 0 Å². The summed E-state index contributed by atoms with van der Waals surface area (Å²) in [7, 11) is 1.36. The molecule has 1 heterocycles. The fourth-order valence-corrected chi connectivity index (χ4v) is 3.32. The minimum absolute atomic E-state index is 0.0630. The Balaban J connectivity index is 1.88. The first kappa shape index (κ1) is 21.7. The fraction of sp³-hybridized carbons (Fsp3) is 0.227. The number of ether oxygens (including phenoxy) is 2. The molecule has 1 atom stereocenters. The van der Waals surface area contributed by atoms with Gasteiger partial charge in [-0.3, -0.25) is 24.6 Å². The average Bonchev–Trinajstić information content (AvgIpc) is 2.98. The van der Waals surface area contributed by atoms with Crippen molar-refractivity contribution in [1.29, 1.82) is 0 Å². The molecule has 3 rings (SSSR count). The average molecular weight is 424 g/mol. The molecule has 9 nitrogen and oxygen atoms in total. The highest BCUT2D eigenvalue weighted by Gasteiger charge is 2.44. The van der Waals surface area contributed by atoms with Crippen molar-refractivity contribution < 1.29 is 28.8 Å². The zero-order valence-electron chi connectivity index (χ0n) is 17.1. The van der Waals surface area contributed by atoms with Crippen LogP contribution < -0.4 is 9.47 Å². The van der Waals surface area contributed by atoms with Gasteiger partial charge in [-0.2, -0.15) is 0 Å². The van der Waals surface area contributed by atoms with Crippen LogP contribution in [0.5, 0.6) is 11.5 Å². The Morgan fingerprint density at radius 1 is 1.06 bits per heavy atom. The number of hydrogen-bond donors (Lipinski definition) is 0. The zero-order chi connectivity index (χ0) is 22.7. The van der Waals surface area contributed by atoms with E-state index in [-0.39, 0.29) is 22.6 Å². The van der Waals surface area contributed by atoms with Gasteiger partial charge in [0.05, 0.1) is 23.2 Å². The molecular formula is C22H20N2O7. The number of esters is 1. The lowest BCUT2D eigenvalue weighted by atomic mass is 10.0. The molecule has 2 amide bonds. The van der Waals surface area contributed by atoms with Crippen molar-refractivity contribution in [2.24, 2.45) is 5.92 Å². The van der Waals surface area contributed by atoms with Gasteiger partial charge in [-0.05, 0) is 35.7 Å². The normalized spacial score (nSPS) is 14.1. The maximum absolute atomic E-state index is 13.0. The number of amides is 2. The third-order valence-corrected chi connectivity index (χ3v) is 4.76. The first-order valence-electron chi connectivity index (χ1n) is 9.43. The van der Waals surface area contributed by atoms with Crippen LogP contribution in [0.4, 0.5) is 0 Å². The molecule has 0 aromatic heterocycles. The summed E-state index contributed by atoms with van der Waals surface area (Å²) in [6.07, 6.45) is 2.04. The second-order valence-corrected chi connectivity index (χ2v) is 7.15. The van der Waals surface area contributed by atoms with Crippen LogP contribution >= 0.6 is 0 Å². The van der Waals surface area contributed by atoms with Crippen molar-refractivity contribution in [3.8, 4) is 11.5 Å². The van der Waals surface area contributed by atoms with Crippen LogP contribution in [-0.4, -0.2) is 40.8 Å². The van der Waals surface area contributed by atoms with Gasteiger partial charge < -0.3 is 9.47 Å². The van der Waals surface area contributed by atoms with Crippen LogP contribution in [0.3, 0.4) is 0 Å². The molecule has 1 aliphatic rings. The van der Waals surface area contributed by atoms with Gasteiger partial charge in [-0.1, -0.05) is 32.0 Å². The smallest absolute Gasteiger partial charge is 0.335 e. The third-order valence-electron chi connectivity index (χ3n) is 4.76. The van der Waals surface area contributed by atoms with E-state index in [0.717, 1.165) is 11.1 Å². The number of fused-ring (bicyclic) bond motifs is 1. The lowest BCUT2D eigenvalue weighted by Gasteiger charge is -2.27. The van der Waals surface area contributed by atoms with Crippen molar-refractivity contribution in [2.45, 2.75) is 19.9 Å². The van der Waals surface area contributed by atoms with E-state index in [0.29, 0.717) is 5.56 Å². The van der Waals surface area contributed by atoms with Gasteiger partial charge in [0, 0.05) is 6.08 Å². The van der Waals surface area contributed by atoms with Gasteiger partial charge in [0.25, 0.3) is 11.8 Å². The Morgan fingerprint density at radius 2 is 1.68 bits per heavy atom.